The normalized spacial score (nSPS) is 26.2. The maximum absolute atomic E-state index is 11.6. The minimum Gasteiger partial charge on any atom is -0.490 e. The van der Waals surface area contributed by atoms with Crippen LogP contribution in [0.3, 0.4) is 0 Å². The van der Waals surface area contributed by atoms with E-state index in [0.29, 0.717) is 25.0 Å². The molecular formula is C14H19NO4. The molecule has 2 rings (SSSR count). The smallest absolute Gasteiger partial charge is 0.325 e. The first kappa shape index (κ1) is 13.8. The molecule has 2 unspecified atom stereocenters. The minimum atomic E-state index is -0.951. The second-order valence-corrected chi connectivity index (χ2v) is 4.90. The van der Waals surface area contributed by atoms with Crippen molar-refractivity contribution in [3.05, 3.63) is 29.8 Å². The van der Waals surface area contributed by atoms with Crippen molar-refractivity contribution < 1.29 is 19.4 Å². The Morgan fingerprint density at radius 2 is 2.26 bits per heavy atom. The molecule has 1 saturated carbocycles. The monoisotopic (exact) mass is 265 g/mol. The number of esters is 1. The fourth-order valence-electron chi connectivity index (χ4n) is 2.45. The number of ether oxygens (including phenoxy) is 2. The third-order valence-corrected chi connectivity index (χ3v) is 3.53. The summed E-state index contributed by atoms with van der Waals surface area (Å²) in [6, 6.07) is 7.30. The number of benzene rings is 1. The molecule has 19 heavy (non-hydrogen) atoms. The van der Waals surface area contributed by atoms with E-state index in [1.165, 1.54) is 7.11 Å². The van der Waals surface area contributed by atoms with Gasteiger partial charge in [0.1, 0.15) is 17.4 Å². The Hall–Kier alpha value is -1.59. The molecule has 0 bridgehead atoms. The van der Waals surface area contributed by atoms with Gasteiger partial charge in [0.05, 0.1) is 13.7 Å². The van der Waals surface area contributed by atoms with Gasteiger partial charge >= 0.3 is 5.97 Å². The van der Waals surface area contributed by atoms with Gasteiger partial charge in [-0.15, -0.1) is 0 Å². The van der Waals surface area contributed by atoms with Crippen LogP contribution in [0.1, 0.15) is 24.8 Å². The molecule has 104 valence electrons. The lowest BCUT2D eigenvalue weighted by Gasteiger charge is -2.21. The summed E-state index contributed by atoms with van der Waals surface area (Å²) < 4.78 is 10.6. The van der Waals surface area contributed by atoms with E-state index in [4.69, 9.17) is 15.2 Å². The second-order valence-electron chi connectivity index (χ2n) is 4.90. The van der Waals surface area contributed by atoms with Gasteiger partial charge in [-0.3, -0.25) is 4.79 Å². The number of rotatable bonds is 4. The zero-order valence-corrected chi connectivity index (χ0v) is 11.0. The lowest BCUT2D eigenvalue weighted by atomic mass is 10.00. The molecule has 0 aliphatic heterocycles. The van der Waals surface area contributed by atoms with Crippen molar-refractivity contribution in [1.82, 2.24) is 0 Å². The Bertz CT molecular complexity index is 463. The van der Waals surface area contributed by atoms with Crippen LogP contribution < -0.4 is 10.5 Å². The average molecular weight is 265 g/mol. The fraction of sp³-hybridized carbons (Fsp3) is 0.500. The topological polar surface area (TPSA) is 81.8 Å². The van der Waals surface area contributed by atoms with E-state index < -0.39 is 11.5 Å². The summed E-state index contributed by atoms with van der Waals surface area (Å²) in [7, 11) is 1.34. The molecule has 1 aromatic carbocycles. The van der Waals surface area contributed by atoms with Crippen molar-refractivity contribution in [2.45, 2.75) is 37.5 Å². The summed E-state index contributed by atoms with van der Waals surface area (Å²) >= 11 is 0. The van der Waals surface area contributed by atoms with Crippen molar-refractivity contribution in [2.75, 3.05) is 7.11 Å². The van der Waals surface area contributed by atoms with E-state index >= 15 is 0 Å². The highest BCUT2D eigenvalue weighted by Gasteiger charge is 2.44. The van der Waals surface area contributed by atoms with Crippen LogP contribution in [0, 0.1) is 0 Å². The molecule has 1 aliphatic rings. The lowest BCUT2D eigenvalue weighted by molar-refractivity contribution is -0.147. The van der Waals surface area contributed by atoms with Crippen LogP contribution in [-0.4, -0.2) is 29.8 Å². The molecule has 0 saturated heterocycles. The molecule has 3 N–H and O–H groups in total. The van der Waals surface area contributed by atoms with Crippen LogP contribution >= 0.6 is 0 Å². The molecule has 0 amide bonds. The van der Waals surface area contributed by atoms with Gasteiger partial charge in [0.25, 0.3) is 0 Å². The molecule has 5 heteroatoms. The van der Waals surface area contributed by atoms with E-state index in [0.717, 1.165) is 5.56 Å². The number of aliphatic hydroxyl groups is 1. The van der Waals surface area contributed by atoms with Crippen LogP contribution in [0.25, 0.3) is 0 Å². The van der Waals surface area contributed by atoms with E-state index in [9.17, 15) is 9.90 Å². The van der Waals surface area contributed by atoms with Crippen LogP contribution in [-0.2, 0) is 16.1 Å². The van der Waals surface area contributed by atoms with Crippen LogP contribution in [0.15, 0.2) is 24.3 Å². The average Bonchev–Trinajstić information content (AvgIpc) is 2.81. The van der Waals surface area contributed by atoms with Crippen LogP contribution in [0.4, 0.5) is 0 Å². The lowest BCUT2D eigenvalue weighted by Crippen LogP contribution is -2.47. The highest BCUT2D eigenvalue weighted by atomic mass is 16.5. The number of hydrogen-bond acceptors (Lipinski definition) is 5. The van der Waals surface area contributed by atoms with Crippen molar-refractivity contribution in [3.63, 3.8) is 0 Å². The third-order valence-electron chi connectivity index (χ3n) is 3.53. The molecule has 0 aromatic heterocycles. The minimum absolute atomic E-state index is 0.0757. The summed E-state index contributed by atoms with van der Waals surface area (Å²) in [6.45, 7) is -0.0757. The molecule has 5 nitrogen and oxygen atoms in total. The molecule has 1 aliphatic carbocycles. The Balaban J connectivity index is 2.04. The van der Waals surface area contributed by atoms with E-state index in [1.807, 2.05) is 12.1 Å². The summed E-state index contributed by atoms with van der Waals surface area (Å²) in [6.07, 6.45) is 1.55. The zero-order valence-electron chi connectivity index (χ0n) is 11.0. The Morgan fingerprint density at radius 3 is 2.95 bits per heavy atom. The number of carbonyl (C=O) groups excluding carboxylic acids is 1. The maximum atomic E-state index is 11.6. The highest BCUT2D eigenvalue weighted by Crippen LogP contribution is 2.32. The first-order valence-electron chi connectivity index (χ1n) is 6.32. The van der Waals surface area contributed by atoms with Gasteiger partial charge in [-0.1, -0.05) is 18.2 Å². The summed E-state index contributed by atoms with van der Waals surface area (Å²) in [5, 5.41) is 9.24. The summed E-state index contributed by atoms with van der Waals surface area (Å²) in [5.74, 6) is 0.248. The number of nitrogens with two attached hydrogens (primary N) is 1. The molecule has 0 spiro atoms. The zero-order chi connectivity index (χ0) is 13.9. The van der Waals surface area contributed by atoms with Crippen molar-refractivity contribution in [3.8, 4) is 5.75 Å². The second kappa shape index (κ2) is 5.59. The van der Waals surface area contributed by atoms with Gasteiger partial charge in [0.2, 0.25) is 0 Å². The SMILES string of the molecule is COC(=O)C1(N)CCC(Oc2ccccc2CO)C1. The molecule has 0 radical (unpaired) electrons. The van der Waals surface area contributed by atoms with Gasteiger partial charge in [-0.2, -0.15) is 0 Å². The molecular weight excluding hydrogens is 246 g/mol. The van der Waals surface area contributed by atoms with Crippen molar-refractivity contribution in [2.24, 2.45) is 5.73 Å². The highest BCUT2D eigenvalue weighted by molar-refractivity contribution is 5.80. The maximum Gasteiger partial charge on any atom is 0.325 e. The van der Waals surface area contributed by atoms with Gasteiger partial charge in [0, 0.05) is 12.0 Å². The Labute approximate surface area is 112 Å². The predicted molar refractivity (Wildman–Crippen MR) is 69.6 cm³/mol. The first-order valence-corrected chi connectivity index (χ1v) is 6.32. The summed E-state index contributed by atoms with van der Waals surface area (Å²) in [4.78, 5) is 11.6. The molecule has 1 aromatic rings. The summed E-state index contributed by atoms with van der Waals surface area (Å²) in [5.41, 5.74) is 5.80. The predicted octanol–water partition coefficient (Wildman–Crippen LogP) is 0.981. The van der Waals surface area contributed by atoms with Crippen LogP contribution in [0.2, 0.25) is 0 Å². The molecule has 2 atom stereocenters. The van der Waals surface area contributed by atoms with Gasteiger partial charge in [0.15, 0.2) is 0 Å². The van der Waals surface area contributed by atoms with Gasteiger partial charge in [-0.05, 0) is 18.9 Å². The van der Waals surface area contributed by atoms with Gasteiger partial charge < -0.3 is 20.3 Å². The number of aliphatic hydroxyl groups excluding tert-OH is 1. The standard InChI is InChI=1S/C14H19NO4/c1-18-13(17)14(15)7-6-11(8-14)19-12-5-3-2-4-10(12)9-16/h2-5,11,16H,6-9,15H2,1H3. The molecule has 0 heterocycles. The largest absolute Gasteiger partial charge is 0.490 e. The molecule has 1 fully saturated rings. The number of methoxy groups -OCH3 is 1. The van der Waals surface area contributed by atoms with Crippen molar-refractivity contribution in [1.29, 1.82) is 0 Å². The van der Waals surface area contributed by atoms with Crippen LogP contribution in [0.5, 0.6) is 5.75 Å². The van der Waals surface area contributed by atoms with Gasteiger partial charge in [-0.25, -0.2) is 0 Å². The Kier molecular flexibility index (Phi) is 4.07. The number of carbonyl (C=O) groups is 1. The fourth-order valence-corrected chi connectivity index (χ4v) is 2.45. The van der Waals surface area contributed by atoms with Crippen molar-refractivity contribution >= 4 is 5.97 Å². The third kappa shape index (κ3) is 2.88. The Morgan fingerprint density at radius 1 is 1.53 bits per heavy atom. The van der Waals surface area contributed by atoms with E-state index in [1.54, 1.807) is 12.1 Å². The van der Waals surface area contributed by atoms with E-state index in [2.05, 4.69) is 0 Å². The first-order chi connectivity index (χ1) is 9.09. The quantitative estimate of drug-likeness (QED) is 0.793. The number of para-hydroxylation sites is 1. The van der Waals surface area contributed by atoms with E-state index in [-0.39, 0.29) is 12.7 Å². The number of hydrogen-bond donors (Lipinski definition) is 2.